The molecule has 1 unspecified atom stereocenters. The molecule has 0 aromatic carbocycles. The van der Waals surface area contributed by atoms with Crippen molar-refractivity contribution in [3.05, 3.63) is 17.5 Å². The van der Waals surface area contributed by atoms with E-state index in [2.05, 4.69) is 5.10 Å². The molecule has 0 amide bonds. The molecule has 2 rings (SSSR count). The van der Waals surface area contributed by atoms with E-state index in [1.54, 1.807) is 17.8 Å². The standard InChI is InChI=1S/C9H12N2O3/c1-11-8(6-2-3-14-5-6)4-7(10-11)9(12)13/h4,6H,2-3,5H2,1H3,(H,12,13). The first-order valence-electron chi connectivity index (χ1n) is 4.53. The minimum atomic E-state index is -0.981. The molecule has 0 spiro atoms. The van der Waals surface area contributed by atoms with Crippen LogP contribution in [0, 0.1) is 0 Å². The lowest BCUT2D eigenvalue weighted by Gasteiger charge is -2.06. The van der Waals surface area contributed by atoms with Crippen LogP contribution in [0.4, 0.5) is 0 Å². The van der Waals surface area contributed by atoms with E-state index in [0.29, 0.717) is 12.5 Å². The highest BCUT2D eigenvalue weighted by Crippen LogP contribution is 2.25. The van der Waals surface area contributed by atoms with E-state index in [-0.39, 0.29) is 5.69 Å². The highest BCUT2D eigenvalue weighted by Gasteiger charge is 2.23. The Hall–Kier alpha value is -1.36. The van der Waals surface area contributed by atoms with Crippen LogP contribution in [0.5, 0.6) is 0 Å². The molecule has 0 saturated carbocycles. The molecule has 1 aliphatic heterocycles. The van der Waals surface area contributed by atoms with Gasteiger partial charge in [-0.3, -0.25) is 4.68 Å². The molecule has 1 aromatic heterocycles. The lowest BCUT2D eigenvalue weighted by molar-refractivity contribution is 0.0689. The van der Waals surface area contributed by atoms with E-state index >= 15 is 0 Å². The van der Waals surface area contributed by atoms with Crippen LogP contribution < -0.4 is 0 Å². The number of carbonyl (C=O) groups is 1. The Morgan fingerprint density at radius 1 is 1.79 bits per heavy atom. The molecule has 0 aliphatic carbocycles. The van der Waals surface area contributed by atoms with Crippen LogP contribution in [0.25, 0.3) is 0 Å². The molecule has 76 valence electrons. The third kappa shape index (κ3) is 1.50. The fourth-order valence-corrected chi connectivity index (χ4v) is 1.74. The van der Waals surface area contributed by atoms with E-state index in [0.717, 1.165) is 18.7 Å². The van der Waals surface area contributed by atoms with E-state index < -0.39 is 5.97 Å². The quantitative estimate of drug-likeness (QED) is 0.753. The van der Waals surface area contributed by atoms with E-state index in [1.165, 1.54) is 0 Å². The molecular weight excluding hydrogens is 184 g/mol. The summed E-state index contributed by atoms with van der Waals surface area (Å²) in [5.41, 5.74) is 1.05. The number of rotatable bonds is 2. The summed E-state index contributed by atoms with van der Waals surface area (Å²) in [7, 11) is 1.76. The Labute approximate surface area is 81.3 Å². The van der Waals surface area contributed by atoms with E-state index in [1.807, 2.05) is 0 Å². The predicted octanol–water partition coefficient (Wildman–Crippen LogP) is 0.622. The van der Waals surface area contributed by atoms with Crippen molar-refractivity contribution in [1.29, 1.82) is 0 Å². The maximum atomic E-state index is 10.7. The smallest absolute Gasteiger partial charge is 0.356 e. The van der Waals surface area contributed by atoms with Gasteiger partial charge in [0.2, 0.25) is 0 Å². The molecule has 1 fully saturated rings. The van der Waals surface area contributed by atoms with Crippen molar-refractivity contribution >= 4 is 5.97 Å². The summed E-state index contributed by atoms with van der Waals surface area (Å²) in [5, 5.41) is 12.7. The van der Waals surface area contributed by atoms with Crippen LogP contribution in [-0.4, -0.2) is 34.1 Å². The molecule has 0 radical (unpaired) electrons. The zero-order valence-electron chi connectivity index (χ0n) is 7.93. The Morgan fingerprint density at radius 3 is 3.07 bits per heavy atom. The summed E-state index contributed by atoms with van der Waals surface area (Å²) in [6.07, 6.45) is 0.943. The minimum absolute atomic E-state index is 0.106. The van der Waals surface area contributed by atoms with Crippen molar-refractivity contribution in [2.45, 2.75) is 12.3 Å². The van der Waals surface area contributed by atoms with Crippen molar-refractivity contribution in [2.24, 2.45) is 7.05 Å². The summed E-state index contributed by atoms with van der Waals surface area (Å²) in [6.45, 7) is 1.41. The maximum Gasteiger partial charge on any atom is 0.356 e. The van der Waals surface area contributed by atoms with Gasteiger partial charge in [0.1, 0.15) is 0 Å². The van der Waals surface area contributed by atoms with Gasteiger partial charge in [-0.25, -0.2) is 4.79 Å². The molecule has 1 N–H and O–H groups in total. The highest BCUT2D eigenvalue weighted by molar-refractivity contribution is 5.85. The zero-order chi connectivity index (χ0) is 10.1. The highest BCUT2D eigenvalue weighted by atomic mass is 16.5. The molecule has 1 aliphatic rings. The number of carboxylic acids is 1. The van der Waals surface area contributed by atoms with E-state index in [9.17, 15) is 4.79 Å². The Kier molecular flexibility index (Phi) is 2.25. The summed E-state index contributed by atoms with van der Waals surface area (Å²) < 4.78 is 6.88. The molecular formula is C9H12N2O3. The fraction of sp³-hybridized carbons (Fsp3) is 0.556. The van der Waals surface area contributed by atoms with Crippen LogP contribution in [0.15, 0.2) is 6.07 Å². The van der Waals surface area contributed by atoms with Gasteiger partial charge in [0.15, 0.2) is 5.69 Å². The van der Waals surface area contributed by atoms with Crippen LogP contribution in [-0.2, 0) is 11.8 Å². The molecule has 1 saturated heterocycles. The fourth-order valence-electron chi connectivity index (χ4n) is 1.74. The average molecular weight is 196 g/mol. The summed E-state index contributed by atoms with van der Waals surface area (Å²) in [5.74, 6) is -0.689. The zero-order valence-corrected chi connectivity index (χ0v) is 7.93. The van der Waals surface area contributed by atoms with Crippen LogP contribution >= 0.6 is 0 Å². The Bertz CT molecular complexity index is 353. The molecule has 5 heteroatoms. The first-order valence-corrected chi connectivity index (χ1v) is 4.53. The molecule has 0 bridgehead atoms. The van der Waals surface area contributed by atoms with Gasteiger partial charge in [-0.1, -0.05) is 0 Å². The van der Waals surface area contributed by atoms with Crippen molar-refractivity contribution < 1.29 is 14.6 Å². The largest absolute Gasteiger partial charge is 0.476 e. The van der Waals surface area contributed by atoms with Crippen molar-refractivity contribution in [1.82, 2.24) is 9.78 Å². The van der Waals surface area contributed by atoms with Gasteiger partial charge in [-0.05, 0) is 12.5 Å². The van der Waals surface area contributed by atoms with Gasteiger partial charge in [0.05, 0.1) is 6.61 Å². The molecule has 14 heavy (non-hydrogen) atoms. The van der Waals surface area contributed by atoms with Crippen LogP contribution in [0.2, 0.25) is 0 Å². The third-order valence-corrected chi connectivity index (χ3v) is 2.48. The van der Waals surface area contributed by atoms with Crippen molar-refractivity contribution in [3.63, 3.8) is 0 Å². The number of hydrogen-bond donors (Lipinski definition) is 1. The Balaban J connectivity index is 2.28. The molecule has 1 atom stereocenters. The van der Waals surface area contributed by atoms with Crippen LogP contribution in [0.1, 0.15) is 28.5 Å². The normalized spacial score (nSPS) is 21.4. The first kappa shape index (κ1) is 9.21. The second-order valence-electron chi connectivity index (χ2n) is 3.44. The average Bonchev–Trinajstić information content (AvgIpc) is 2.71. The summed E-state index contributed by atoms with van der Waals surface area (Å²) >= 11 is 0. The number of aromatic nitrogens is 2. The minimum Gasteiger partial charge on any atom is -0.476 e. The second kappa shape index (κ2) is 3.42. The topological polar surface area (TPSA) is 64.4 Å². The summed E-state index contributed by atoms with van der Waals surface area (Å²) in [4.78, 5) is 10.7. The maximum absolute atomic E-state index is 10.7. The van der Waals surface area contributed by atoms with Gasteiger partial charge in [0.25, 0.3) is 0 Å². The van der Waals surface area contributed by atoms with Crippen LogP contribution in [0.3, 0.4) is 0 Å². The first-order chi connectivity index (χ1) is 6.68. The van der Waals surface area contributed by atoms with Gasteiger partial charge in [-0.2, -0.15) is 5.10 Å². The second-order valence-corrected chi connectivity index (χ2v) is 3.44. The van der Waals surface area contributed by atoms with Gasteiger partial charge < -0.3 is 9.84 Å². The van der Waals surface area contributed by atoms with Crippen molar-refractivity contribution in [3.8, 4) is 0 Å². The van der Waals surface area contributed by atoms with Gasteiger partial charge in [-0.15, -0.1) is 0 Å². The monoisotopic (exact) mass is 196 g/mol. The third-order valence-electron chi connectivity index (χ3n) is 2.48. The number of aryl methyl sites for hydroxylation is 1. The Morgan fingerprint density at radius 2 is 2.57 bits per heavy atom. The summed E-state index contributed by atoms with van der Waals surface area (Å²) in [6, 6.07) is 1.63. The molecule has 5 nitrogen and oxygen atoms in total. The van der Waals surface area contributed by atoms with Gasteiger partial charge >= 0.3 is 5.97 Å². The molecule has 2 heterocycles. The number of ether oxygens (including phenoxy) is 1. The number of hydrogen-bond acceptors (Lipinski definition) is 3. The lowest BCUT2D eigenvalue weighted by Crippen LogP contribution is -2.05. The number of aromatic carboxylic acids is 1. The predicted molar refractivity (Wildman–Crippen MR) is 48.3 cm³/mol. The SMILES string of the molecule is Cn1nc(C(=O)O)cc1C1CCOC1. The number of nitrogens with zero attached hydrogens (tertiary/aromatic N) is 2. The van der Waals surface area contributed by atoms with E-state index in [4.69, 9.17) is 9.84 Å². The van der Waals surface area contributed by atoms with Gasteiger partial charge in [0, 0.05) is 25.3 Å². The number of carboxylic acid groups (broad SMARTS) is 1. The lowest BCUT2D eigenvalue weighted by atomic mass is 10.0. The van der Waals surface area contributed by atoms with Crippen molar-refractivity contribution in [2.75, 3.05) is 13.2 Å². The molecule has 1 aromatic rings.